The molecule has 0 aromatic rings. The van der Waals surface area contributed by atoms with Gasteiger partial charge in [-0.15, -0.1) is 0 Å². The lowest BCUT2D eigenvalue weighted by Crippen LogP contribution is -2.60. The zero-order valence-electron chi connectivity index (χ0n) is 23.7. The highest BCUT2D eigenvalue weighted by atomic mass is 16.6. The SMILES string of the molecule is CC(=O)O[C@H]1C[C@H]2[C@@H]3CCC4=CC(=O)C=C[C@]4(C)[C@H]3C[C@@H](OC(C)=O)[C@]2(C)[C@H]1[C@@](C)(O)CCCC(C)C. The Hall–Kier alpha value is -1.95. The van der Waals surface area contributed by atoms with Crippen molar-refractivity contribution < 1.29 is 29.0 Å². The molecule has 1 N–H and O–H groups in total. The molecule has 206 valence electrons. The largest absolute Gasteiger partial charge is 0.462 e. The maximum absolute atomic E-state index is 12.4. The monoisotopic (exact) mass is 514 g/mol. The van der Waals surface area contributed by atoms with E-state index >= 15 is 0 Å². The first kappa shape index (κ1) is 28.1. The van der Waals surface area contributed by atoms with Gasteiger partial charge in [0.05, 0.1) is 5.60 Å². The number of ether oxygens (including phenoxy) is 2. The summed E-state index contributed by atoms with van der Waals surface area (Å²) in [5.74, 6) is 0.182. The molecular weight excluding hydrogens is 468 g/mol. The predicted molar refractivity (Wildman–Crippen MR) is 141 cm³/mol. The van der Waals surface area contributed by atoms with Crippen LogP contribution in [0.3, 0.4) is 0 Å². The number of aliphatic hydroxyl groups is 1. The molecule has 0 aliphatic heterocycles. The number of allylic oxidation sites excluding steroid dienone is 4. The van der Waals surface area contributed by atoms with Crippen molar-refractivity contribution in [3.63, 3.8) is 0 Å². The first-order chi connectivity index (χ1) is 17.2. The standard InChI is InChI=1S/C31H46O6/c1-18(2)9-8-13-30(6,35)28-26(36-19(3)32)16-25-23-11-10-21-15-22(34)12-14-29(21,5)24(23)17-27(31(25,28)7)37-20(4)33/h12,14-15,18,23-28,35H,8-11,13,16-17H2,1-7H3/t23-,24+,25+,26+,27-,28-,29+,30+,31-/m1/s1. The molecule has 0 saturated heterocycles. The van der Waals surface area contributed by atoms with Gasteiger partial charge in [-0.1, -0.05) is 52.2 Å². The number of rotatable bonds is 7. The Morgan fingerprint density at radius 3 is 2.43 bits per heavy atom. The van der Waals surface area contributed by atoms with Crippen molar-refractivity contribution in [1.29, 1.82) is 0 Å². The van der Waals surface area contributed by atoms with E-state index in [0.717, 1.165) is 31.3 Å². The van der Waals surface area contributed by atoms with E-state index in [4.69, 9.17) is 9.47 Å². The van der Waals surface area contributed by atoms with E-state index in [-0.39, 0.29) is 40.9 Å². The zero-order valence-corrected chi connectivity index (χ0v) is 23.7. The van der Waals surface area contributed by atoms with Gasteiger partial charge in [0.15, 0.2) is 5.78 Å². The van der Waals surface area contributed by atoms with Crippen LogP contribution in [0.1, 0.15) is 93.4 Å². The molecule has 0 unspecified atom stereocenters. The third-order valence-electron chi connectivity index (χ3n) is 10.4. The van der Waals surface area contributed by atoms with E-state index in [9.17, 15) is 19.5 Å². The Morgan fingerprint density at radius 1 is 1.14 bits per heavy atom. The molecule has 0 aromatic heterocycles. The lowest BCUT2D eigenvalue weighted by molar-refractivity contribution is -0.199. The van der Waals surface area contributed by atoms with Crippen LogP contribution in [0.5, 0.6) is 0 Å². The average molecular weight is 515 g/mol. The summed E-state index contributed by atoms with van der Waals surface area (Å²) in [6.07, 6.45) is 10.3. The molecular formula is C31H46O6. The molecule has 0 heterocycles. The zero-order chi connectivity index (χ0) is 27.3. The summed E-state index contributed by atoms with van der Waals surface area (Å²) < 4.78 is 12.1. The molecule has 0 aromatic carbocycles. The van der Waals surface area contributed by atoms with Crippen LogP contribution in [0.25, 0.3) is 0 Å². The third kappa shape index (κ3) is 4.95. The highest BCUT2D eigenvalue weighted by Crippen LogP contribution is 2.68. The van der Waals surface area contributed by atoms with Crippen LogP contribution in [-0.4, -0.2) is 40.6 Å². The molecule has 4 aliphatic carbocycles. The minimum atomic E-state index is -1.08. The lowest BCUT2D eigenvalue weighted by atomic mass is 9.46. The molecule has 0 radical (unpaired) electrons. The summed E-state index contributed by atoms with van der Waals surface area (Å²) in [7, 11) is 0. The van der Waals surface area contributed by atoms with Gasteiger partial charge in [0.2, 0.25) is 0 Å². The number of hydrogen-bond donors (Lipinski definition) is 1. The summed E-state index contributed by atoms with van der Waals surface area (Å²) >= 11 is 0. The Labute approximate surface area is 222 Å². The molecule has 3 saturated carbocycles. The maximum atomic E-state index is 12.4. The molecule has 9 atom stereocenters. The van der Waals surface area contributed by atoms with Gasteiger partial charge in [-0.05, 0) is 74.9 Å². The van der Waals surface area contributed by atoms with Gasteiger partial charge in [-0.25, -0.2) is 0 Å². The fraction of sp³-hybridized carbons (Fsp3) is 0.774. The normalized spacial score (nSPS) is 40.2. The van der Waals surface area contributed by atoms with Crippen LogP contribution in [0.2, 0.25) is 0 Å². The molecule has 0 amide bonds. The van der Waals surface area contributed by atoms with Gasteiger partial charge in [0.25, 0.3) is 0 Å². The Morgan fingerprint density at radius 2 is 1.81 bits per heavy atom. The quantitative estimate of drug-likeness (QED) is 0.447. The van der Waals surface area contributed by atoms with Crippen LogP contribution >= 0.6 is 0 Å². The van der Waals surface area contributed by atoms with Gasteiger partial charge < -0.3 is 14.6 Å². The molecule has 0 bridgehead atoms. The summed E-state index contributed by atoms with van der Waals surface area (Å²) in [6.45, 7) is 13.5. The van der Waals surface area contributed by atoms with Crippen molar-refractivity contribution in [2.45, 2.75) is 111 Å². The molecule has 4 rings (SSSR count). The highest BCUT2D eigenvalue weighted by molar-refractivity contribution is 6.01. The van der Waals surface area contributed by atoms with Crippen LogP contribution in [0.15, 0.2) is 23.8 Å². The van der Waals surface area contributed by atoms with E-state index in [1.807, 2.05) is 6.92 Å². The van der Waals surface area contributed by atoms with E-state index < -0.39 is 23.2 Å². The predicted octanol–water partition coefficient (Wildman–Crippen LogP) is 5.57. The van der Waals surface area contributed by atoms with Crippen molar-refractivity contribution in [3.05, 3.63) is 23.8 Å². The van der Waals surface area contributed by atoms with Crippen molar-refractivity contribution in [2.24, 2.45) is 40.4 Å². The van der Waals surface area contributed by atoms with E-state index in [2.05, 4.69) is 33.8 Å². The van der Waals surface area contributed by atoms with Gasteiger partial charge in [-0.3, -0.25) is 14.4 Å². The maximum Gasteiger partial charge on any atom is 0.302 e. The van der Waals surface area contributed by atoms with Crippen molar-refractivity contribution in [3.8, 4) is 0 Å². The van der Waals surface area contributed by atoms with Gasteiger partial charge in [0.1, 0.15) is 12.2 Å². The van der Waals surface area contributed by atoms with Gasteiger partial charge >= 0.3 is 11.9 Å². The second-order valence-electron chi connectivity index (χ2n) is 13.3. The smallest absolute Gasteiger partial charge is 0.302 e. The summed E-state index contributed by atoms with van der Waals surface area (Å²) in [6, 6.07) is 0. The Bertz CT molecular complexity index is 992. The van der Waals surface area contributed by atoms with Crippen molar-refractivity contribution >= 4 is 17.7 Å². The number of carbonyl (C=O) groups excluding carboxylic acids is 3. The number of carbonyl (C=O) groups is 3. The van der Waals surface area contributed by atoms with Crippen LogP contribution < -0.4 is 0 Å². The summed E-state index contributed by atoms with van der Waals surface area (Å²) in [4.78, 5) is 36.9. The van der Waals surface area contributed by atoms with Crippen LogP contribution in [-0.2, 0) is 23.9 Å². The summed E-state index contributed by atoms with van der Waals surface area (Å²) in [5.41, 5.74) is -0.728. The number of ketones is 1. The van der Waals surface area contributed by atoms with Crippen LogP contribution in [0, 0.1) is 40.4 Å². The first-order valence-electron chi connectivity index (χ1n) is 14.2. The molecule has 3 fully saturated rings. The minimum absolute atomic E-state index is 0.0383. The Kier molecular flexibility index (Phi) is 7.57. The second-order valence-corrected chi connectivity index (χ2v) is 13.3. The molecule has 0 spiro atoms. The van der Waals surface area contributed by atoms with E-state index in [1.54, 1.807) is 12.2 Å². The van der Waals surface area contributed by atoms with E-state index in [0.29, 0.717) is 31.1 Å². The lowest BCUT2D eigenvalue weighted by Gasteiger charge is -2.60. The minimum Gasteiger partial charge on any atom is -0.462 e. The number of hydrogen-bond acceptors (Lipinski definition) is 6. The first-order valence-corrected chi connectivity index (χ1v) is 14.2. The topological polar surface area (TPSA) is 89.9 Å². The molecule has 6 heteroatoms. The molecule has 37 heavy (non-hydrogen) atoms. The van der Waals surface area contributed by atoms with Gasteiger partial charge in [-0.2, -0.15) is 0 Å². The fourth-order valence-electron chi connectivity index (χ4n) is 8.94. The molecule has 4 aliphatic rings. The highest BCUT2D eigenvalue weighted by Gasteiger charge is 2.69. The Balaban J connectivity index is 1.77. The van der Waals surface area contributed by atoms with E-state index in [1.165, 1.54) is 13.8 Å². The van der Waals surface area contributed by atoms with Crippen molar-refractivity contribution in [1.82, 2.24) is 0 Å². The number of esters is 2. The second kappa shape index (κ2) is 9.98. The number of fused-ring (bicyclic) bond motifs is 5. The average Bonchev–Trinajstić information content (AvgIpc) is 3.07. The summed E-state index contributed by atoms with van der Waals surface area (Å²) in [5, 5.41) is 12.0. The molecule has 6 nitrogen and oxygen atoms in total. The fourth-order valence-corrected chi connectivity index (χ4v) is 8.94. The van der Waals surface area contributed by atoms with Gasteiger partial charge in [0, 0.05) is 30.6 Å². The van der Waals surface area contributed by atoms with Crippen LogP contribution in [0.4, 0.5) is 0 Å². The van der Waals surface area contributed by atoms with Crippen molar-refractivity contribution in [2.75, 3.05) is 0 Å². The third-order valence-corrected chi connectivity index (χ3v) is 10.4.